The van der Waals surface area contributed by atoms with Gasteiger partial charge in [-0.15, -0.1) is 11.6 Å². The molecule has 2 aliphatic rings. The normalized spacial score (nSPS) is 21.9. The van der Waals surface area contributed by atoms with Crippen molar-refractivity contribution in [3.63, 3.8) is 0 Å². The van der Waals surface area contributed by atoms with Crippen molar-refractivity contribution in [3.05, 3.63) is 64.8 Å². The Bertz CT molecular complexity index is 1430. The molecule has 1 saturated heterocycles. The van der Waals surface area contributed by atoms with Gasteiger partial charge >= 0.3 is 0 Å². The molecule has 2 unspecified atom stereocenters. The zero-order valence-electron chi connectivity index (χ0n) is 18.9. The monoisotopic (exact) mass is 549 g/mol. The van der Waals surface area contributed by atoms with Crippen molar-refractivity contribution in [3.8, 4) is 11.3 Å². The van der Waals surface area contributed by atoms with Gasteiger partial charge < -0.3 is 5.32 Å². The molecule has 0 saturated carbocycles. The lowest BCUT2D eigenvalue weighted by Gasteiger charge is -2.35. The lowest BCUT2D eigenvalue weighted by Crippen LogP contribution is -2.48. The maximum Gasteiger partial charge on any atom is 0.222 e. The molecular weight excluding hydrogens is 528 g/mol. The van der Waals surface area contributed by atoms with E-state index in [0.29, 0.717) is 36.0 Å². The summed E-state index contributed by atoms with van der Waals surface area (Å²) in [6.07, 6.45) is 7.93. The minimum absolute atomic E-state index is 0.0628. The topological polar surface area (TPSA) is 79.6 Å². The molecule has 0 bridgehead atoms. The zero-order valence-corrected chi connectivity index (χ0v) is 22.0. The van der Waals surface area contributed by atoms with Crippen LogP contribution in [-0.2, 0) is 10.0 Å². The largest absolute Gasteiger partial charge is 0.367 e. The van der Waals surface area contributed by atoms with E-state index in [1.165, 1.54) is 4.31 Å². The summed E-state index contributed by atoms with van der Waals surface area (Å²) in [6, 6.07) is 9.58. The molecule has 35 heavy (non-hydrogen) atoms. The fourth-order valence-corrected chi connectivity index (χ4v) is 7.34. The van der Waals surface area contributed by atoms with E-state index < -0.39 is 20.7 Å². The van der Waals surface area contributed by atoms with Gasteiger partial charge in [-0.1, -0.05) is 53.6 Å². The van der Waals surface area contributed by atoms with Crippen LogP contribution in [0.15, 0.2) is 59.8 Å². The number of aromatic nitrogens is 3. The minimum Gasteiger partial charge on any atom is -0.367 e. The SMILES string of the molecule is Bc1cnn2c(NC3CCN(S(=O)(=O)C4C=CC=C(Cl)C4Cl)CC3)cc(-c3ccccc3Cl)nc12. The van der Waals surface area contributed by atoms with Gasteiger partial charge in [-0.05, 0) is 30.4 Å². The molecule has 3 heterocycles. The van der Waals surface area contributed by atoms with E-state index in [9.17, 15) is 8.42 Å². The predicted octanol–water partition coefficient (Wildman–Crippen LogP) is 3.18. The first-order valence-corrected chi connectivity index (χ1v) is 14.0. The van der Waals surface area contributed by atoms with Gasteiger partial charge in [-0.2, -0.15) is 9.61 Å². The highest BCUT2D eigenvalue weighted by Crippen LogP contribution is 2.32. The van der Waals surface area contributed by atoms with Gasteiger partial charge in [0.1, 0.15) is 18.9 Å². The van der Waals surface area contributed by atoms with Crippen LogP contribution < -0.4 is 10.8 Å². The van der Waals surface area contributed by atoms with Crippen LogP contribution in [0.1, 0.15) is 12.8 Å². The molecule has 0 spiro atoms. The Labute approximate surface area is 220 Å². The van der Waals surface area contributed by atoms with E-state index in [1.807, 2.05) is 38.2 Å². The van der Waals surface area contributed by atoms with Gasteiger partial charge in [0.2, 0.25) is 10.0 Å². The lowest BCUT2D eigenvalue weighted by atomic mass is 10.0. The van der Waals surface area contributed by atoms with E-state index in [-0.39, 0.29) is 6.04 Å². The van der Waals surface area contributed by atoms with E-state index in [1.54, 1.807) is 28.9 Å². The summed E-state index contributed by atoms with van der Waals surface area (Å²) in [4.78, 5) is 4.78. The number of anilines is 1. The smallest absolute Gasteiger partial charge is 0.222 e. The Hall–Kier alpha value is -2.04. The molecule has 0 amide bonds. The van der Waals surface area contributed by atoms with Gasteiger partial charge in [0.25, 0.3) is 0 Å². The standard InChI is InChI=1S/C23H23BCl3N5O2S/c24-16-13-28-32-21(12-19(30-23(16)32)15-4-1-2-5-17(15)25)29-14-8-10-31(11-9-14)35(33,34)20-7-3-6-18(26)22(20)27/h1-7,12-14,20,22,29H,8-11,24H2. The van der Waals surface area contributed by atoms with Crippen molar-refractivity contribution >= 4 is 69.6 Å². The third-order valence-corrected chi connectivity index (χ3v) is 10.1. The van der Waals surface area contributed by atoms with Crippen molar-refractivity contribution in [2.45, 2.75) is 29.5 Å². The minimum atomic E-state index is -3.62. The molecular formula is C23H23BCl3N5O2S. The Morgan fingerprint density at radius 2 is 1.89 bits per heavy atom. The zero-order chi connectivity index (χ0) is 24.7. The Kier molecular flexibility index (Phi) is 6.89. The maximum atomic E-state index is 13.2. The van der Waals surface area contributed by atoms with Gasteiger partial charge in [0, 0.05) is 47.0 Å². The number of nitrogens with one attached hydrogen (secondary N) is 1. The molecule has 1 aliphatic carbocycles. The second-order valence-corrected chi connectivity index (χ2v) is 12.1. The fraction of sp³-hybridized carbons (Fsp3) is 0.304. The first-order chi connectivity index (χ1) is 16.8. The van der Waals surface area contributed by atoms with Gasteiger partial charge in [0.15, 0.2) is 5.65 Å². The third-order valence-electron chi connectivity index (χ3n) is 6.42. The number of hydrogen-bond donors (Lipinski definition) is 1. The molecule has 1 aliphatic heterocycles. The van der Waals surface area contributed by atoms with Gasteiger partial charge in [0.05, 0.1) is 11.1 Å². The van der Waals surface area contributed by atoms with E-state index in [4.69, 9.17) is 39.8 Å². The first-order valence-electron chi connectivity index (χ1n) is 11.3. The summed E-state index contributed by atoms with van der Waals surface area (Å²) >= 11 is 18.9. The number of allylic oxidation sites excluding steroid dienone is 3. The molecule has 12 heteroatoms. The van der Waals surface area contributed by atoms with Crippen molar-refractivity contribution in [1.29, 1.82) is 0 Å². The molecule has 5 rings (SSSR count). The summed E-state index contributed by atoms with van der Waals surface area (Å²) in [5, 5.41) is 7.36. The number of fused-ring (bicyclic) bond motifs is 1. The first kappa shape index (κ1) is 24.7. The Balaban J connectivity index is 1.35. The van der Waals surface area contributed by atoms with E-state index >= 15 is 0 Å². The molecule has 2 atom stereocenters. The number of rotatable bonds is 5. The quantitative estimate of drug-likeness (QED) is 0.390. The molecule has 182 valence electrons. The average molecular weight is 551 g/mol. The fourth-order valence-electron chi connectivity index (χ4n) is 4.47. The molecule has 1 fully saturated rings. The van der Waals surface area contributed by atoms with Crippen LogP contribution in [0, 0.1) is 0 Å². The molecule has 7 nitrogen and oxygen atoms in total. The second kappa shape index (κ2) is 9.79. The van der Waals surface area contributed by atoms with Crippen LogP contribution in [0.4, 0.5) is 5.82 Å². The number of nitrogens with zero attached hydrogens (tertiary/aromatic N) is 4. The summed E-state index contributed by atoms with van der Waals surface area (Å²) < 4.78 is 29.7. The van der Waals surface area contributed by atoms with Gasteiger partial charge in [-0.25, -0.2) is 17.7 Å². The Morgan fingerprint density at radius 1 is 1.14 bits per heavy atom. The van der Waals surface area contributed by atoms with Crippen molar-refractivity contribution < 1.29 is 8.42 Å². The molecule has 3 aromatic rings. The summed E-state index contributed by atoms with van der Waals surface area (Å²) in [7, 11) is -1.66. The molecule has 1 N–H and O–H groups in total. The van der Waals surface area contributed by atoms with Crippen LogP contribution in [-0.4, -0.2) is 64.9 Å². The van der Waals surface area contributed by atoms with Crippen LogP contribution in [0.5, 0.6) is 0 Å². The van der Waals surface area contributed by atoms with Gasteiger partial charge in [-0.3, -0.25) is 0 Å². The van der Waals surface area contributed by atoms with Crippen LogP contribution in [0.3, 0.4) is 0 Å². The summed E-state index contributed by atoms with van der Waals surface area (Å²) in [6.45, 7) is 0.776. The number of piperidine rings is 1. The number of sulfonamides is 1. The van der Waals surface area contributed by atoms with Crippen LogP contribution in [0.2, 0.25) is 5.02 Å². The number of halogens is 3. The van der Waals surface area contributed by atoms with Crippen molar-refractivity contribution in [2.24, 2.45) is 0 Å². The highest BCUT2D eigenvalue weighted by atomic mass is 35.5. The number of hydrogen-bond acceptors (Lipinski definition) is 5. The Morgan fingerprint density at radius 3 is 2.63 bits per heavy atom. The maximum absolute atomic E-state index is 13.2. The third kappa shape index (κ3) is 4.72. The number of alkyl halides is 1. The highest BCUT2D eigenvalue weighted by Gasteiger charge is 2.39. The van der Waals surface area contributed by atoms with Crippen molar-refractivity contribution in [2.75, 3.05) is 18.4 Å². The lowest BCUT2D eigenvalue weighted by molar-refractivity contribution is 0.327. The highest BCUT2D eigenvalue weighted by molar-refractivity contribution is 7.90. The van der Waals surface area contributed by atoms with E-state index in [2.05, 4.69) is 10.4 Å². The van der Waals surface area contributed by atoms with Crippen molar-refractivity contribution in [1.82, 2.24) is 18.9 Å². The molecule has 1 aromatic carbocycles. The predicted molar refractivity (Wildman–Crippen MR) is 145 cm³/mol. The summed E-state index contributed by atoms with van der Waals surface area (Å²) in [5.41, 5.74) is 3.28. The number of benzene rings is 1. The molecule has 2 aromatic heterocycles. The second-order valence-electron chi connectivity index (χ2n) is 8.73. The van der Waals surface area contributed by atoms with Crippen LogP contribution in [0.25, 0.3) is 16.9 Å². The van der Waals surface area contributed by atoms with E-state index in [0.717, 1.165) is 28.2 Å². The average Bonchev–Trinajstić information content (AvgIpc) is 3.22. The van der Waals surface area contributed by atoms with Crippen LogP contribution >= 0.6 is 34.8 Å². The summed E-state index contributed by atoms with van der Waals surface area (Å²) in [5.74, 6) is 0.785. The molecule has 0 radical (unpaired) electrons.